The van der Waals surface area contributed by atoms with Crippen LogP contribution in [0.25, 0.3) is 0 Å². The van der Waals surface area contributed by atoms with Gasteiger partial charge in [0.1, 0.15) is 5.75 Å². The monoisotopic (exact) mass is 409 g/mol. The number of aliphatic imine (C=N–C) groups is 1. The number of benzene rings is 3. The molecule has 28 heavy (non-hydrogen) atoms. The van der Waals surface area contributed by atoms with Crippen molar-refractivity contribution < 1.29 is 4.74 Å². The number of guanidine groups is 1. The van der Waals surface area contributed by atoms with Gasteiger partial charge < -0.3 is 10.1 Å². The normalized spacial score (nSPS) is 14.1. The van der Waals surface area contributed by atoms with E-state index in [0.717, 1.165) is 41.7 Å². The van der Waals surface area contributed by atoms with Gasteiger partial charge in [0.05, 0.1) is 15.6 Å². The van der Waals surface area contributed by atoms with Gasteiger partial charge in [0.2, 0.25) is 5.96 Å². The second-order valence-corrected chi connectivity index (χ2v) is 7.57. The lowest BCUT2D eigenvalue weighted by molar-refractivity contribution is 0.484. The van der Waals surface area contributed by atoms with Gasteiger partial charge >= 0.3 is 0 Å². The molecule has 0 atom stereocenters. The summed E-state index contributed by atoms with van der Waals surface area (Å²) in [5.41, 5.74) is 2.23. The largest absolute Gasteiger partial charge is 0.454 e. The maximum absolute atomic E-state index is 6.23. The molecule has 0 unspecified atom stereocenters. The van der Waals surface area contributed by atoms with Gasteiger partial charge in [0.25, 0.3) is 0 Å². The lowest BCUT2D eigenvalue weighted by atomic mass is 10.1. The summed E-state index contributed by atoms with van der Waals surface area (Å²) in [4.78, 5) is 5.70. The van der Waals surface area contributed by atoms with Gasteiger partial charge in [-0.05, 0) is 54.6 Å². The second kappa shape index (κ2) is 9.04. The van der Waals surface area contributed by atoms with E-state index < -0.39 is 0 Å². The minimum atomic E-state index is 0.580. The molecule has 4 rings (SSSR count). The highest BCUT2D eigenvalue weighted by atomic mass is 35.5. The number of para-hydroxylation sites is 2. The Morgan fingerprint density at radius 1 is 0.893 bits per heavy atom. The molecule has 6 heteroatoms. The average Bonchev–Trinajstić information content (AvgIpc) is 2.74. The fourth-order valence-corrected chi connectivity index (χ4v) is 3.78. The molecular weight excluding hydrogens is 390 g/mol. The smallest absolute Gasteiger partial charge is 0.206 e. The van der Waals surface area contributed by atoms with Gasteiger partial charge in [-0.2, -0.15) is 0 Å². The second-order valence-electron chi connectivity index (χ2n) is 6.31. The highest BCUT2D eigenvalue weighted by molar-refractivity contribution is 7.98. The third-order valence-corrected chi connectivity index (χ3v) is 5.45. The highest BCUT2D eigenvalue weighted by Gasteiger charge is 2.18. The number of anilines is 1. The average molecular weight is 410 g/mol. The molecule has 0 aliphatic carbocycles. The van der Waals surface area contributed by atoms with Crippen LogP contribution in [-0.4, -0.2) is 12.5 Å². The number of rotatable bonds is 6. The van der Waals surface area contributed by atoms with E-state index in [1.807, 2.05) is 48.5 Å². The third-order valence-electron chi connectivity index (χ3n) is 4.28. The number of hydrogen-bond donors (Lipinski definition) is 2. The molecule has 3 aromatic carbocycles. The van der Waals surface area contributed by atoms with Crippen LogP contribution in [0, 0.1) is 0 Å². The first-order valence-electron chi connectivity index (χ1n) is 9.13. The Hall–Kier alpha value is -2.63. The summed E-state index contributed by atoms with van der Waals surface area (Å²) in [5.74, 6) is 2.08. The molecule has 1 aliphatic heterocycles. The van der Waals surface area contributed by atoms with Crippen molar-refractivity contribution in [3.8, 4) is 11.5 Å². The summed E-state index contributed by atoms with van der Waals surface area (Å²) in [6, 6.07) is 23.8. The van der Waals surface area contributed by atoms with Crippen LogP contribution < -0.4 is 14.8 Å². The fraction of sp³-hybridized carbons (Fsp3) is 0.136. The van der Waals surface area contributed by atoms with E-state index in [-0.39, 0.29) is 0 Å². The Morgan fingerprint density at radius 3 is 2.54 bits per heavy atom. The van der Waals surface area contributed by atoms with Gasteiger partial charge in [-0.25, -0.2) is 0 Å². The van der Waals surface area contributed by atoms with Crippen molar-refractivity contribution in [1.82, 2.24) is 4.72 Å². The summed E-state index contributed by atoms with van der Waals surface area (Å²) in [6.45, 7) is 0.744. The van der Waals surface area contributed by atoms with Gasteiger partial charge in [0, 0.05) is 6.54 Å². The van der Waals surface area contributed by atoms with Crippen LogP contribution >= 0.6 is 23.5 Å². The van der Waals surface area contributed by atoms with Crippen molar-refractivity contribution in [3.63, 3.8) is 0 Å². The predicted octanol–water partition coefficient (Wildman–Crippen LogP) is 6.14. The number of hydrogen-bond acceptors (Lipinski definition) is 3. The van der Waals surface area contributed by atoms with Crippen LogP contribution in [0.4, 0.5) is 5.69 Å². The molecular formula is C22H20ClN3OS. The summed E-state index contributed by atoms with van der Waals surface area (Å²) in [6.07, 6.45) is 2.01. The van der Waals surface area contributed by atoms with E-state index in [9.17, 15) is 0 Å². The molecule has 142 valence electrons. The summed E-state index contributed by atoms with van der Waals surface area (Å²) in [5, 5.41) is 3.93. The summed E-state index contributed by atoms with van der Waals surface area (Å²) in [7, 11) is 0. The quantitative estimate of drug-likeness (QED) is 0.379. The maximum atomic E-state index is 6.23. The maximum Gasteiger partial charge on any atom is 0.206 e. The van der Waals surface area contributed by atoms with Gasteiger partial charge in [0.15, 0.2) is 5.75 Å². The first kappa shape index (κ1) is 18.7. The molecule has 0 radical (unpaired) electrons. The van der Waals surface area contributed by atoms with Crippen LogP contribution in [0.15, 0.2) is 82.7 Å². The number of ether oxygens (including phenoxy) is 1. The molecule has 2 N–H and O–H groups in total. The van der Waals surface area contributed by atoms with Crippen molar-refractivity contribution in [2.75, 3.05) is 11.9 Å². The molecule has 4 nitrogen and oxygen atoms in total. The molecule has 3 aromatic rings. The molecule has 0 saturated heterocycles. The standard InChI is InChI=1S/C22H20ClN3OS/c23-17-11-4-5-12-18(17)27-19-13-6-14-20-21(19)25-22(26-28-20)24-15-7-10-16-8-2-1-3-9-16/h1-6,8-9,11-14H,7,10,15H2,(H2,24,25,26). The Bertz CT molecular complexity index is 979. The van der Waals surface area contributed by atoms with E-state index >= 15 is 0 Å². The van der Waals surface area contributed by atoms with Crippen LogP contribution in [0.2, 0.25) is 5.02 Å². The Balaban J connectivity index is 1.43. The van der Waals surface area contributed by atoms with Gasteiger partial charge in [-0.15, -0.1) is 0 Å². The molecule has 0 fully saturated rings. The molecule has 1 aliphatic rings. The van der Waals surface area contributed by atoms with E-state index in [1.54, 1.807) is 0 Å². The van der Waals surface area contributed by atoms with Crippen molar-refractivity contribution >= 4 is 35.2 Å². The van der Waals surface area contributed by atoms with Crippen molar-refractivity contribution in [3.05, 3.63) is 83.4 Å². The zero-order valence-corrected chi connectivity index (χ0v) is 16.8. The minimum absolute atomic E-state index is 0.580. The number of nitrogens with zero attached hydrogens (tertiary/aromatic N) is 1. The molecule has 0 spiro atoms. The SMILES string of the molecule is Clc1ccccc1Oc1cccc2c1NC(=NCCCc1ccccc1)NS2. The van der Waals surface area contributed by atoms with E-state index in [1.165, 1.54) is 17.5 Å². The van der Waals surface area contributed by atoms with Crippen LogP contribution in [0.1, 0.15) is 12.0 Å². The van der Waals surface area contributed by atoms with Crippen LogP contribution in [0.3, 0.4) is 0 Å². The molecule has 1 heterocycles. The number of nitrogens with one attached hydrogen (secondary N) is 2. The Morgan fingerprint density at radius 2 is 1.68 bits per heavy atom. The Labute approximate surface area is 174 Å². The number of halogens is 1. The lowest BCUT2D eigenvalue weighted by Gasteiger charge is -2.23. The van der Waals surface area contributed by atoms with Crippen LogP contribution in [-0.2, 0) is 6.42 Å². The Kier molecular flexibility index (Phi) is 6.04. The first-order valence-corrected chi connectivity index (χ1v) is 10.3. The van der Waals surface area contributed by atoms with E-state index in [2.05, 4.69) is 39.3 Å². The highest BCUT2D eigenvalue weighted by Crippen LogP contribution is 2.40. The summed E-state index contributed by atoms with van der Waals surface area (Å²) < 4.78 is 9.30. The van der Waals surface area contributed by atoms with Gasteiger partial charge in [-0.3, -0.25) is 9.71 Å². The fourth-order valence-electron chi connectivity index (χ4n) is 2.89. The zero-order valence-electron chi connectivity index (χ0n) is 15.2. The third kappa shape index (κ3) is 4.61. The van der Waals surface area contributed by atoms with Crippen LogP contribution in [0.5, 0.6) is 11.5 Å². The van der Waals surface area contributed by atoms with Gasteiger partial charge in [-0.1, -0.05) is 60.1 Å². The van der Waals surface area contributed by atoms with Crippen molar-refractivity contribution in [2.24, 2.45) is 4.99 Å². The van der Waals surface area contributed by atoms with E-state index in [0.29, 0.717) is 10.8 Å². The molecule has 0 amide bonds. The summed E-state index contributed by atoms with van der Waals surface area (Å²) >= 11 is 7.76. The zero-order chi connectivity index (χ0) is 19.2. The van der Waals surface area contributed by atoms with Crippen molar-refractivity contribution in [2.45, 2.75) is 17.7 Å². The first-order chi connectivity index (χ1) is 13.8. The molecule has 0 saturated carbocycles. The lowest BCUT2D eigenvalue weighted by Crippen LogP contribution is -2.29. The van der Waals surface area contributed by atoms with E-state index in [4.69, 9.17) is 16.3 Å². The van der Waals surface area contributed by atoms with Crippen molar-refractivity contribution in [1.29, 1.82) is 0 Å². The number of aryl methyl sites for hydroxylation is 1. The topological polar surface area (TPSA) is 45.6 Å². The minimum Gasteiger partial charge on any atom is -0.454 e. The molecule has 0 aromatic heterocycles. The number of fused-ring (bicyclic) bond motifs is 1. The predicted molar refractivity (Wildman–Crippen MR) is 118 cm³/mol. The molecule has 0 bridgehead atoms.